The SMILES string of the molecule is Cc1cccc(C2=NN(C(=O)c3ccccc3Cl)C(c3ccc(F)cc3)C2)c1. The van der Waals surface area contributed by atoms with Crippen molar-refractivity contribution in [3.8, 4) is 0 Å². The second-order valence-corrected chi connectivity index (χ2v) is 7.22. The Morgan fingerprint density at radius 1 is 1.07 bits per heavy atom. The van der Waals surface area contributed by atoms with Crippen LogP contribution in [0.2, 0.25) is 5.02 Å². The fraction of sp³-hybridized carbons (Fsp3) is 0.130. The average Bonchev–Trinajstić information content (AvgIpc) is 3.14. The van der Waals surface area contributed by atoms with Crippen LogP contribution >= 0.6 is 11.6 Å². The summed E-state index contributed by atoms with van der Waals surface area (Å²) in [5, 5.41) is 6.49. The number of amides is 1. The molecular weight excluding hydrogens is 375 g/mol. The molecule has 0 saturated heterocycles. The molecule has 1 unspecified atom stereocenters. The lowest BCUT2D eigenvalue weighted by atomic mass is 9.97. The van der Waals surface area contributed by atoms with Gasteiger partial charge in [-0.2, -0.15) is 5.10 Å². The van der Waals surface area contributed by atoms with Gasteiger partial charge in [-0.3, -0.25) is 4.79 Å². The normalized spacial score (nSPS) is 16.2. The van der Waals surface area contributed by atoms with Crippen LogP contribution in [0.15, 0.2) is 77.9 Å². The minimum Gasteiger partial charge on any atom is -0.267 e. The number of hydrogen-bond donors (Lipinski definition) is 0. The van der Waals surface area contributed by atoms with Gasteiger partial charge in [-0.05, 0) is 42.3 Å². The van der Waals surface area contributed by atoms with E-state index in [9.17, 15) is 9.18 Å². The van der Waals surface area contributed by atoms with Gasteiger partial charge in [0.15, 0.2) is 0 Å². The molecule has 140 valence electrons. The summed E-state index contributed by atoms with van der Waals surface area (Å²) < 4.78 is 13.4. The molecule has 1 aliphatic heterocycles. The molecule has 1 aliphatic rings. The van der Waals surface area contributed by atoms with Crippen LogP contribution in [0.1, 0.15) is 39.5 Å². The fourth-order valence-electron chi connectivity index (χ4n) is 3.40. The zero-order valence-electron chi connectivity index (χ0n) is 15.3. The third-order valence-corrected chi connectivity index (χ3v) is 5.16. The number of benzene rings is 3. The first-order valence-corrected chi connectivity index (χ1v) is 9.39. The highest BCUT2D eigenvalue weighted by molar-refractivity contribution is 6.33. The molecule has 28 heavy (non-hydrogen) atoms. The molecule has 3 aromatic rings. The second kappa shape index (κ2) is 7.56. The first-order valence-electron chi connectivity index (χ1n) is 9.01. The molecular formula is C23H18ClFN2O. The zero-order chi connectivity index (χ0) is 19.7. The summed E-state index contributed by atoms with van der Waals surface area (Å²) >= 11 is 6.24. The van der Waals surface area contributed by atoms with Crippen molar-refractivity contribution < 1.29 is 9.18 Å². The Morgan fingerprint density at radius 2 is 1.82 bits per heavy atom. The third kappa shape index (κ3) is 3.56. The molecule has 0 N–H and O–H groups in total. The summed E-state index contributed by atoms with van der Waals surface area (Å²) in [6.07, 6.45) is 0.547. The van der Waals surface area contributed by atoms with Crippen LogP contribution in [0.5, 0.6) is 0 Å². The second-order valence-electron chi connectivity index (χ2n) is 6.82. The van der Waals surface area contributed by atoms with Crippen molar-refractivity contribution in [2.24, 2.45) is 5.10 Å². The first kappa shape index (κ1) is 18.4. The number of rotatable bonds is 3. The Morgan fingerprint density at radius 3 is 2.54 bits per heavy atom. The molecule has 0 fully saturated rings. The van der Waals surface area contributed by atoms with Gasteiger partial charge in [0.2, 0.25) is 0 Å². The Balaban J connectivity index is 1.76. The molecule has 0 radical (unpaired) electrons. The largest absolute Gasteiger partial charge is 0.276 e. The van der Waals surface area contributed by atoms with Crippen LogP contribution in [-0.4, -0.2) is 16.6 Å². The molecule has 0 spiro atoms. The van der Waals surface area contributed by atoms with E-state index in [-0.39, 0.29) is 17.8 Å². The minimum atomic E-state index is -0.320. The molecule has 0 bridgehead atoms. The van der Waals surface area contributed by atoms with E-state index in [0.29, 0.717) is 17.0 Å². The van der Waals surface area contributed by atoms with Crippen LogP contribution in [0.25, 0.3) is 0 Å². The fourth-order valence-corrected chi connectivity index (χ4v) is 3.62. The predicted molar refractivity (Wildman–Crippen MR) is 109 cm³/mol. The Bertz CT molecular complexity index is 1060. The van der Waals surface area contributed by atoms with Gasteiger partial charge < -0.3 is 0 Å². The summed E-state index contributed by atoms with van der Waals surface area (Å²) in [4.78, 5) is 13.2. The van der Waals surface area contributed by atoms with E-state index in [1.165, 1.54) is 17.1 Å². The summed E-state index contributed by atoms with van der Waals surface area (Å²) in [5.41, 5.74) is 4.13. The van der Waals surface area contributed by atoms with E-state index >= 15 is 0 Å². The number of hydrogen-bond acceptors (Lipinski definition) is 2. The van der Waals surface area contributed by atoms with Crippen molar-refractivity contribution in [1.82, 2.24) is 5.01 Å². The highest BCUT2D eigenvalue weighted by Crippen LogP contribution is 2.35. The van der Waals surface area contributed by atoms with Gasteiger partial charge >= 0.3 is 0 Å². The third-order valence-electron chi connectivity index (χ3n) is 4.83. The van der Waals surface area contributed by atoms with E-state index in [4.69, 9.17) is 11.6 Å². The highest BCUT2D eigenvalue weighted by Gasteiger charge is 2.34. The molecule has 4 rings (SSSR count). The van der Waals surface area contributed by atoms with E-state index in [1.807, 2.05) is 31.2 Å². The van der Waals surface area contributed by atoms with Crippen LogP contribution in [0.3, 0.4) is 0 Å². The minimum absolute atomic E-state index is 0.275. The number of carbonyl (C=O) groups is 1. The Labute approximate surface area is 168 Å². The van der Waals surface area contributed by atoms with E-state index in [2.05, 4.69) is 5.10 Å². The van der Waals surface area contributed by atoms with Gasteiger partial charge in [-0.25, -0.2) is 9.40 Å². The molecule has 5 heteroatoms. The van der Waals surface area contributed by atoms with Crippen LogP contribution in [0, 0.1) is 12.7 Å². The summed E-state index contributed by atoms with van der Waals surface area (Å²) in [7, 11) is 0. The predicted octanol–water partition coefficient (Wildman–Crippen LogP) is 5.78. The zero-order valence-corrected chi connectivity index (χ0v) is 16.0. The molecule has 1 amide bonds. The molecule has 1 heterocycles. The molecule has 1 atom stereocenters. The van der Waals surface area contributed by atoms with Gasteiger partial charge in [0.25, 0.3) is 5.91 Å². The number of halogens is 2. The lowest BCUT2D eigenvalue weighted by Gasteiger charge is -2.22. The van der Waals surface area contributed by atoms with Gasteiger partial charge in [-0.1, -0.05) is 65.7 Å². The lowest BCUT2D eigenvalue weighted by molar-refractivity contribution is 0.0711. The molecule has 0 aromatic heterocycles. The van der Waals surface area contributed by atoms with E-state index in [0.717, 1.165) is 22.4 Å². The summed E-state index contributed by atoms with van der Waals surface area (Å²) in [6, 6.07) is 20.8. The van der Waals surface area contributed by atoms with Crippen LogP contribution < -0.4 is 0 Å². The Kier molecular flexibility index (Phi) is 4.97. The lowest BCUT2D eigenvalue weighted by Crippen LogP contribution is -2.27. The van der Waals surface area contributed by atoms with E-state index < -0.39 is 0 Å². The van der Waals surface area contributed by atoms with Crippen LogP contribution in [-0.2, 0) is 0 Å². The summed E-state index contributed by atoms with van der Waals surface area (Å²) in [6.45, 7) is 2.02. The van der Waals surface area contributed by atoms with Crippen molar-refractivity contribution in [3.63, 3.8) is 0 Å². The standard InChI is InChI=1S/C23H18ClFN2O/c1-15-5-4-6-17(13-15)21-14-22(16-9-11-18(25)12-10-16)27(26-21)23(28)19-7-2-3-8-20(19)24/h2-13,22H,14H2,1H3. The molecule has 0 saturated carbocycles. The smallest absolute Gasteiger partial charge is 0.267 e. The number of hydrazone groups is 1. The topological polar surface area (TPSA) is 32.7 Å². The van der Waals surface area contributed by atoms with Gasteiger partial charge in [0, 0.05) is 6.42 Å². The van der Waals surface area contributed by atoms with Gasteiger partial charge in [0.1, 0.15) is 5.82 Å². The number of carbonyl (C=O) groups excluding carboxylic acids is 1. The van der Waals surface area contributed by atoms with Crippen LogP contribution in [0.4, 0.5) is 4.39 Å². The maximum atomic E-state index is 13.4. The molecule has 3 nitrogen and oxygen atoms in total. The van der Waals surface area contributed by atoms with Crippen molar-refractivity contribution in [3.05, 3.63) is 106 Å². The monoisotopic (exact) mass is 392 g/mol. The van der Waals surface area contributed by atoms with E-state index in [1.54, 1.807) is 36.4 Å². The number of nitrogens with zero attached hydrogens (tertiary/aromatic N) is 2. The highest BCUT2D eigenvalue weighted by atomic mass is 35.5. The van der Waals surface area contributed by atoms with Crippen molar-refractivity contribution in [1.29, 1.82) is 0 Å². The number of aryl methyl sites for hydroxylation is 1. The average molecular weight is 393 g/mol. The van der Waals surface area contributed by atoms with Gasteiger partial charge in [0.05, 0.1) is 22.3 Å². The van der Waals surface area contributed by atoms with Crippen molar-refractivity contribution in [2.45, 2.75) is 19.4 Å². The van der Waals surface area contributed by atoms with Gasteiger partial charge in [-0.15, -0.1) is 0 Å². The van der Waals surface area contributed by atoms with Crippen molar-refractivity contribution >= 4 is 23.2 Å². The summed E-state index contributed by atoms with van der Waals surface area (Å²) in [5.74, 6) is -0.590. The van der Waals surface area contributed by atoms with Crippen molar-refractivity contribution in [2.75, 3.05) is 0 Å². The maximum absolute atomic E-state index is 13.4. The Hall–Kier alpha value is -2.98. The molecule has 3 aromatic carbocycles. The maximum Gasteiger partial charge on any atom is 0.276 e. The first-order chi connectivity index (χ1) is 13.5. The molecule has 0 aliphatic carbocycles. The quantitative estimate of drug-likeness (QED) is 0.556.